The molecule has 9 nitrogen and oxygen atoms in total. The summed E-state index contributed by atoms with van der Waals surface area (Å²) >= 11 is 0. The number of hydrogen-bond donors (Lipinski definition) is 0. The Hall–Kier alpha value is -2.52. The SMILES string of the molecule is Cc1ccn(CC(=O)N2CCCN(Cc3cnc(N4CCOCC4)nc3)CC2)n1. The van der Waals surface area contributed by atoms with Crippen LogP contribution in [0.3, 0.4) is 0 Å². The van der Waals surface area contributed by atoms with E-state index >= 15 is 0 Å². The van der Waals surface area contributed by atoms with Crippen molar-refractivity contribution >= 4 is 11.9 Å². The van der Waals surface area contributed by atoms with Gasteiger partial charge in [-0.15, -0.1) is 0 Å². The Morgan fingerprint density at radius 2 is 1.86 bits per heavy atom. The maximum atomic E-state index is 12.6. The number of ether oxygens (including phenoxy) is 1. The Morgan fingerprint density at radius 3 is 2.59 bits per heavy atom. The van der Waals surface area contributed by atoms with Crippen molar-refractivity contribution < 1.29 is 9.53 Å². The molecule has 2 aromatic rings. The predicted molar refractivity (Wildman–Crippen MR) is 109 cm³/mol. The van der Waals surface area contributed by atoms with Crippen LogP contribution < -0.4 is 4.90 Å². The quantitative estimate of drug-likeness (QED) is 0.727. The lowest BCUT2D eigenvalue weighted by Crippen LogP contribution is -2.37. The van der Waals surface area contributed by atoms with Crippen molar-refractivity contribution in [2.24, 2.45) is 0 Å². The van der Waals surface area contributed by atoms with Crippen LogP contribution in [0.25, 0.3) is 0 Å². The second kappa shape index (κ2) is 9.32. The standard InChI is InChI=1S/C20H29N7O2/c1-17-3-6-27(23-17)16-19(28)25-5-2-4-24(7-8-25)15-18-13-21-20(22-14-18)26-9-11-29-12-10-26/h3,6,13-14H,2,4-5,7-12,15-16H2,1H3. The van der Waals surface area contributed by atoms with Crippen LogP contribution in [-0.2, 0) is 22.6 Å². The fourth-order valence-electron chi connectivity index (χ4n) is 3.78. The maximum Gasteiger partial charge on any atom is 0.244 e. The first-order valence-corrected chi connectivity index (χ1v) is 10.3. The van der Waals surface area contributed by atoms with Crippen LogP contribution in [-0.4, -0.2) is 87.9 Å². The van der Waals surface area contributed by atoms with Crippen LogP contribution in [0.5, 0.6) is 0 Å². The number of rotatable bonds is 5. The number of aromatic nitrogens is 4. The lowest BCUT2D eigenvalue weighted by molar-refractivity contribution is -0.131. The second-order valence-electron chi connectivity index (χ2n) is 7.66. The number of anilines is 1. The molecule has 0 saturated carbocycles. The van der Waals surface area contributed by atoms with E-state index in [2.05, 4.69) is 24.9 Å². The predicted octanol–water partition coefficient (Wildman–Crippen LogP) is 0.553. The largest absolute Gasteiger partial charge is 0.378 e. The number of nitrogens with zero attached hydrogens (tertiary/aromatic N) is 7. The lowest BCUT2D eigenvalue weighted by Gasteiger charge is -2.27. The molecule has 4 heterocycles. The Bertz CT molecular complexity index is 801. The fourth-order valence-corrected chi connectivity index (χ4v) is 3.78. The Kier molecular flexibility index (Phi) is 6.36. The summed E-state index contributed by atoms with van der Waals surface area (Å²) in [6, 6.07) is 1.92. The minimum atomic E-state index is 0.133. The molecule has 9 heteroatoms. The molecule has 0 atom stereocenters. The molecule has 2 aliphatic rings. The molecule has 2 aromatic heterocycles. The fraction of sp³-hybridized carbons (Fsp3) is 0.600. The van der Waals surface area contributed by atoms with Gasteiger partial charge in [-0.3, -0.25) is 14.4 Å². The zero-order valence-corrected chi connectivity index (χ0v) is 17.0. The molecule has 0 aliphatic carbocycles. The van der Waals surface area contributed by atoms with E-state index in [-0.39, 0.29) is 5.91 Å². The van der Waals surface area contributed by atoms with Crippen molar-refractivity contribution in [3.8, 4) is 0 Å². The number of morpholine rings is 1. The van der Waals surface area contributed by atoms with Gasteiger partial charge in [0.1, 0.15) is 6.54 Å². The van der Waals surface area contributed by atoms with E-state index in [0.717, 1.165) is 82.7 Å². The zero-order chi connectivity index (χ0) is 20.1. The summed E-state index contributed by atoms with van der Waals surface area (Å²) < 4.78 is 7.10. The minimum Gasteiger partial charge on any atom is -0.378 e. The molecule has 2 aliphatic heterocycles. The van der Waals surface area contributed by atoms with Gasteiger partial charge < -0.3 is 14.5 Å². The average molecular weight is 399 g/mol. The summed E-state index contributed by atoms with van der Waals surface area (Å²) in [5.41, 5.74) is 2.04. The Labute approximate surface area is 171 Å². The first-order valence-electron chi connectivity index (χ1n) is 10.3. The third-order valence-electron chi connectivity index (χ3n) is 5.40. The third kappa shape index (κ3) is 5.30. The summed E-state index contributed by atoms with van der Waals surface area (Å²) in [4.78, 5) is 28.2. The molecular weight excluding hydrogens is 370 g/mol. The summed E-state index contributed by atoms with van der Waals surface area (Å²) in [5.74, 6) is 0.909. The molecule has 4 rings (SSSR count). The van der Waals surface area contributed by atoms with Gasteiger partial charge in [-0.1, -0.05) is 0 Å². The highest BCUT2D eigenvalue weighted by Crippen LogP contribution is 2.12. The normalized spacial score (nSPS) is 18.7. The molecule has 1 amide bonds. The number of carbonyl (C=O) groups is 1. The molecule has 156 valence electrons. The highest BCUT2D eigenvalue weighted by atomic mass is 16.5. The van der Waals surface area contributed by atoms with Gasteiger partial charge in [-0.25, -0.2) is 9.97 Å². The van der Waals surface area contributed by atoms with Crippen LogP contribution in [0.4, 0.5) is 5.95 Å². The van der Waals surface area contributed by atoms with Crippen molar-refractivity contribution in [3.63, 3.8) is 0 Å². The summed E-state index contributed by atoms with van der Waals surface area (Å²) in [6.45, 7) is 9.55. The van der Waals surface area contributed by atoms with Gasteiger partial charge in [0.15, 0.2) is 0 Å². The molecule has 0 spiro atoms. The van der Waals surface area contributed by atoms with Crippen molar-refractivity contribution in [1.82, 2.24) is 29.5 Å². The monoisotopic (exact) mass is 399 g/mol. The Morgan fingerprint density at radius 1 is 1.07 bits per heavy atom. The number of aryl methyl sites for hydroxylation is 1. The van der Waals surface area contributed by atoms with Crippen molar-refractivity contribution in [1.29, 1.82) is 0 Å². The van der Waals surface area contributed by atoms with Crippen LogP contribution in [0.15, 0.2) is 24.7 Å². The topological polar surface area (TPSA) is 79.6 Å². The molecule has 0 bridgehead atoms. The molecule has 2 fully saturated rings. The van der Waals surface area contributed by atoms with E-state index < -0.39 is 0 Å². The summed E-state index contributed by atoms with van der Waals surface area (Å²) in [7, 11) is 0. The minimum absolute atomic E-state index is 0.133. The van der Waals surface area contributed by atoms with E-state index in [1.165, 1.54) is 0 Å². The van der Waals surface area contributed by atoms with Gasteiger partial charge in [0, 0.05) is 70.0 Å². The molecule has 0 radical (unpaired) electrons. The maximum absolute atomic E-state index is 12.6. The van der Waals surface area contributed by atoms with Crippen LogP contribution in [0.1, 0.15) is 17.7 Å². The van der Waals surface area contributed by atoms with Gasteiger partial charge in [-0.05, 0) is 19.4 Å². The van der Waals surface area contributed by atoms with E-state index in [1.54, 1.807) is 4.68 Å². The van der Waals surface area contributed by atoms with Gasteiger partial charge >= 0.3 is 0 Å². The van der Waals surface area contributed by atoms with E-state index in [4.69, 9.17) is 4.74 Å². The molecule has 0 aromatic carbocycles. The number of hydrogen-bond acceptors (Lipinski definition) is 7. The first-order chi connectivity index (χ1) is 14.2. The van der Waals surface area contributed by atoms with Gasteiger partial charge in [0.25, 0.3) is 0 Å². The number of amides is 1. The van der Waals surface area contributed by atoms with Crippen LogP contribution in [0, 0.1) is 6.92 Å². The Balaban J connectivity index is 1.27. The third-order valence-corrected chi connectivity index (χ3v) is 5.40. The lowest BCUT2D eigenvalue weighted by atomic mass is 10.3. The van der Waals surface area contributed by atoms with Crippen LogP contribution in [0.2, 0.25) is 0 Å². The average Bonchev–Trinajstić information content (AvgIpc) is 3.01. The van der Waals surface area contributed by atoms with Crippen LogP contribution >= 0.6 is 0 Å². The van der Waals surface area contributed by atoms with E-state index in [1.807, 2.05) is 36.5 Å². The second-order valence-corrected chi connectivity index (χ2v) is 7.66. The van der Waals surface area contributed by atoms with E-state index in [9.17, 15) is 4.79 Å². The first kappa shape index (κ1) is 19.8. The summed E-state index contributed by atoms with van der Waals surface area (Å²) in [5, 5.41) is 4.31. The molecule has 0 unspecified atom stereocenters. The molecular formula is C20H29N7O2. The van der Waals surface area contributed by atoms with Crippen molar-refractivity contribution in [2.45, 2.75) is 26.4 Å². The van der Waals surface area contributed by atoms with Crippen molar-refractivity contribution in [2.75, 3.05) is 57.4 Å². The summed E-state index contributed by atoms with van der Waals surface area (Å²) in [6.07, 6.45) is 6.67. The van der Waals surface area contributed by atoms with Crippen molar-refractivity contribution in [3.05, 3.63) is 35.9 Å². The highest BCUT2D eigenvalue weighted by molar-refractivity contribution is 5.75. The van der Waals surface area contributed by atoms with Gasteiger partial charge in [0.05, 0.1) is 18.9 Å². The molecule has 0 N–H and O–H groups in total. The van der Waals surface area contributed by atoms with Gasteiger partial charge in [-0.2, -0.15) is 5.10 Å². The zero-order valence-electron chi connectivity index (χ0n) is 17.0. The highest BCUT2D eigenvalue weighted by Gasteiger charge is 2.20. The van der Waals surface area contributed by atoms with Gasteiger partial charge in [0.2, 0.25) is 11.9 Å². The van der Waals surface area contributed by atoms with E-state index in [0.29, 0.717) is 6.54 Å². The molecule has 2 saturated heterocycles. The number of carbonyl (C=O) groups excluding carboxylic acids is 1. The smallest absolute Gasteiger partial charge is 0.244 e. The molecule has 29 heavy (non-hydrogen) atoms.